The van der Waals surface area contributed by atoms with Gasteiger partial charge in [0.2, 0.25) is 0 Å². The van der Waals surface area contributed by atoms with Gasteiger partial charge < -0.3 is 10.1 Å². The Morgan fingerprint density at radius 3 is 3.00 bits per heavy atom. The van der Waals surface area contributed by atoms with Crippen LogP contribution in [0.25, 0.3) is 0 Å². The molecule has 1 aromatic heterocycles. The maximum atomic E-state index is 10.3. The highest BCUT2D eigenvalue weighted by Gasteiger charge is 2.17. The minimum Gasteiger partial charge on any atom is -0.358 e. The summed E-state index contributed by atoms with van der Waals surface area (Å²) < 4.78 is 1.42. The van der Waals surface area contributed by atoms with Gasteiger partial charge in [0, 0.05) is 0 Å². The molecule has 0 unspecified atom stereocenters. The Morgan fingerprint density at radius 1 is 1.85 bits per heavy atom. The molecule has 0 aliphatic carbocycles. The second-order valence-electron chi connectivity index (χ2n) is 2.35. The van der Waals surface area contributed by atoms with Gasteiger partial charge in [-0.25, -0.2) is 0 Å². The van der Waals surface area contributed by atoms with Crippen molar-refractivity contribution >= 4 is 17.4 Å². The van der Waals surface area contributed by atoms with Crippen LogP contribution in [0.3, 0.4) is 0 Å². The lowest BCUT2D eigenvalue weighted by molar-refractivity contribution is -0.389. The van der Waals surface area contributed by atoms with Crippen LogP contribution in [0.4, 0.5) is 5.82 Å². The average Bonchev–Trinajstić information content (AvgIpc) is 2.43. The van der Waals surface area contributed by atoms with Gasteiger partial charge in [0.05, 0.1) is 17.8 Å². The number of rotatable bonds is 3. The van der Waals surface area contributed by atoms with Gasteiger partial charge in [0.25, 0.3) is 0 Å². The van der Waals surface area contributed by atoms with Gasteiger partial charge in [-0.2, -0.15) is 4.68 Å². The Morgan fingerprint density at radius 2 is 2.54 bits per heavy atom. The van der Waals surface area contributed by atoms with Crippen LogP contribution in [-0.4, -0.2) is 14.7 Å². The zero-order valence-corrected chi connectivity index (χ0v) is 7.73. The summed E-state index contributed by atoms with van der Waals surface area (Å²) in [5, 5.41) is 14.1. The Hall–Kier alpha value is -1.36. The molecule has 0 atom stereocenters. The van der Waals surface area contributed by atoms with Crippen LogP contribution in [0.2, 0.25) is 5.02 Å². The summed E-state index contributed by atoms with van der Waals surface area (Å²) in [6, 6.07) is 0. The molecule has 0 N–H and O–H groups in total. The molecule has 0 aromatic carbocycles. The standard InChI is InChI=1S/C7H8ClN3O2/c1-2-3-4-10-5-6(8)7(9-10)11(12)13/h2-3,5H,4H2,1H3. The lowest BCUT2D eigenvalue weighted by Gasteiger charge is -1.86. The monoisotopic (exact) mass is 201 g/mol. The van der Waals surface area contributed by atoms with Crippen molar-refractivity contribution in [3.63, 3.8) is 0 Å². The average molecular weight is 202 g/mol. The number of hydrogen-bond donors (Lipinski definition) is 0. The van der Waals surface area contributed by atoms with Gasteiger partial charge in [-0.05, 0) is 11.8 Å². The van der Waals surface area contributed by atoms with Gasteiger partial charge in [-0.1, -0.05) is 23.8 Å². The molecule has 0 fully saturated rings. The first-order valence-corrected chi connectivity index (χ1v) is 4.01. The van der Waals surface area contributed by atoms with E-state index >= 15 is 0 Å². The molecule has 1 rings (SSSR count). The summed E-state index contributed by atoms with van der Waals surface area (Å²) in [5.41, 5.74) is 0. The Bertz CT molecular complexity index is 346. The zero-order valence-electron chi connectivity index (χ0n) is 6.98. The van der Waals surface area contributed by atoms with E-state index in [1.54, 1.807) is 0 Å². The van der Waals surface area contributed by atoms with Crippen LogP contribution in [0.15, 0.2) is 18.3 Å². The van der Waals surface area contributed by atoms with Gasteiger partial charge in [0.1, 0.15) is 0 Å². The first-order chi connectivity index (χ1) is 6.15. The summed E-state index contributed by atoms with van der Waals surface area (Å²) in [7, 11) is 0. The molecule has 13 heavy (non-hydrogen) atoms. The van der Waals surface area contributed by atoms with E-state index in [0.29, 0.717) is 6.54 Å². The fraction of sp³-hybridized carbons (Fsp3) is 0.286. The van der Waals surface area contributed by atoms with Crippen molar-refractivity contribution in [2.24, 2.45) is 0 Å². The molecular weight excluding hydrogens is 194 g/mol. The maximum absolute atomic E-state index is 10.3. The molecular formula is C7H8ClN3O2. The molecule has 0 saturated heterocycles. The van der Waals surface area contributed by atoms with E-state index in [9.17, 15) is 10.1 Å². The number of nitro groups is 1. The SMILES string of the molecule is CC=CCn1cc(Cl)c([N+](=O)[O-])n1. The molecule has 0 aliphatic heterocycles. The van der Waals surface area contributed by atoms with Crippen molar-refractivity contribution in [2.45, 2.75) is 13.5 Å². The maximum Gasteiger partial charge on any atom is 0.408 e. The molecule has 0 amide bonds. The summed E-state index contributed by atoms with van der Waals surface area (Å²) in [5.74, 6) is -0.300. The minimum absolute atomic E-state index is 0.0644. The van der Waals surface area contributed by atoms with Gasteiger partial charge in [0.15, 0.2) is 5.02 Å². The highest BCUT2D eigenvalue weighted by atomic mass is 35.5. The van der Waals surface area contributed by atoms with E-state index in [2.05, 4.69) is 5.10 Å². The highest BCUT2D eigenvalue weighted by Crippen LogP contribution is 2.20. The Labute approximate surface area is 79.8 Å². The third-order valence-electron chi connectivity index (χ3n) is 1.40. The number of allylic oxidation sites excluding steroid dienone is 2. The molecule has 0 aliphatic rings. The molecule has 70 valence electrons. The molecule has 0 saturated carbocycles. The Kier molecular flexibility index (Phi) is 3.02. The number of hydrogen-bond acceptors (Lipinski definition) is 3. The number of aromatic nitrogens is 2. The quantitative estimate of drug-likeness (QED) is 0.427. The summed E-state index contributed by atoms with van der Waals surface area (Å²) in [6.07, 6.45) is 5.09. The van der Waals surface area contributed by atoms with Crippen molar-refractivity contribution < 1.29 is 4.92 Å². The fourth-order valence-corrected chi connectivity index (χ4v) is 1.04. The Balaban J connectivity index is 2.88. The molecule has 0 radical (unpaired) electrons. The highest BCUT2D eigenvalue weighted by molar-refractivity contribution is 6.32. The van der Waals surface area contributed by atoms with Crippen LogP contribution in [0.5, 0.6) is 0 Å². The first kappa shape index (κ1) is 9.73. The predicted octanol–water partition coefficient (Wildman–Crippen LogP) is 2.02. The van der Waals surface area contributed by atoms with E-state index in [4.69, 9.17) is 11.6 Å². The summed E-state index contributed by atoms with van der Waals surface area (Å²) in [6.45, 7) is 2.35. The van der Waals surface area contributed by atoms with E-state index in [1.807, 2.05) is 19.1 Å². The van der Waals surface area contributed by atoms with E-state index in [-0.39, 0.29) is 10.8 Å². The second-order valence-corrected chi connectivity index (χ2v) is 2.76. The van der Waals surface area contributed by atoms with Crippen LogP contribution in [0.1, 0.15) is 6.92 Å². The fourth-order valence-electron chi connectivity index (χ4n) is 0.818. The third-order valence-corrected chi connectivity index (χ3v) is 1.67. The number of halogens is 1. The van der Waals surface area contributed by atoms with Gasteiger partial charge >= 0.3 is 5.82 Å². The predicted molar refractivity (Wildman–Crippen MR) is 48.7 cm³/mol. The van der Waals surface area contributed by atoms with Crippen LogP contribution < -0.4 is 0 Å². The summed E-state index contributed by atoms with van der Waals surface area (Å²) >= 11 is 5.57. The molecule has 6 heteroatoms. The first-order valence-electron chi connectivity index (χ1n) is 3.63. The van der Waals surface area contributed by atoms with Crippen molar-refractivity contribution in [1.82, 2.24) is 9.78 Å². The van der Waals surface area contributed by atoms with E-state index in [1.165, 1.54) is 10.9 Å². The molecule has 1 aromatic rings. The molecule has 1 heterocycles. The lowest BCUT2D eigenvalue weighted by Crippen LogP contribution is -1.97. The van der Waals surface area contributed by atoms with Gasteiger partial charge in [-0.15, -0.1) is 0 Å². The lowest BCUT2D eigenvalue weighted by atomic mass is 10.5. The third kappa shape index (κ3) is 2.29. The van der Waals surface area contributed by atoms with E-state index in [0.717, 1.165) is 0 Å². The topological polar surface area (TPSA) is 61.0 Å². The molecule has 0 spiro atoms. The smallest absolute Gasteiger partial charge is 0.358 e. The van der Waals surface area contributed by atoms with Crippen LogP contribution in [-0.2, 0) is 6.54 Å². The minimum atomic E-state index is -0.603. The zero-order chi connectivity index (χ0) is 9.84. The van der Waals surface area contributed by atoms with Crippen molar-refractivity contribution in [1.29, 1.82) is 0 Å². The van der Waals surface area contributed by atoms with Crippen molar-refractivity contribution in [2.75, 3.05) is 0 Å². The van der Waals surface area contributed by atoms with Crippen molar-refractivity contribution in [3.8, 4) is 0 Å². The normalized spacial score (nSPS) is 10.9. The van der Waals surface area contributed by atoms with Crippen LogP contribution >= 0.6 is 11.6 Å². The summed E-state index contributed by atoms with van der Waals surface area (Å²) in [4.78, 5) is 9.73. The second kappa shape index (κ2) is 4.04. The van der Waals surface area contributed by atoms with Crippen LogP contribution in [0, 0.1) is 10.1 Å². The van der Waals surface area contributed by atoms with Crippen molar-refractivity contribution in [3.05, 3.63) is 33.5 Å². The van der Waals surface area contributed by atoms with E-state index < -0.39 is 4.92 Å². The van der Waals surface area contributed by atoms with Gasteiger partial charge in [-0.3, -0.25) is 0 Å². The molecule has 5 nitrogen and oxygen atoms in total. The number of nitrogens with zero attached hydrogens (tertiary/aromatic N) is 3. The largest absolute Gasteiger partial charge is 0.408 e. The molecule has 0 bridgehead atoms.